The van der Waals surface area contributed by atoms with Crippen molar-refractivity contribution in [1.29, 1.82) is 0 Å². The molecule has 6 aromatic rings. The number of fused-ring (bicyclic) bond motifs is 9. The number of benzene rings is 2. The molecule has 0 aliphatic heterocycles. The molecule has 0 N–H and O–H groups in total. The van der Waals surface area contributed by atoms with Crippen molar-refractivity contribution in [3.05, 3.63) is 65.2 Å². The maximum atomic E-state index is 4.84. The summed E-state index contributed by atoms with van der Waals surface area (Å²) < 4.78 is 5.01. The van der Waals surface area contributed by atoms with Crippen LogP contribution < -0.4 is 0 Å². The number of hydrogen-bond donors (Lipinski definition) is 0. The largest absolute Gasteiger partial charge is 0.260 e. The van der Waals surface area contributed by atoms with Crippen LogP contribution in [0.1, 0.15) is 36.6 Å². The quantitative estimate of drug-likeness (QED) is 0.404. The summed E-state index contributed by atoms with van der Waals surface area (Å²) in [5.41, 5.74) is 6.04. The first-order valence-corrected chi connectivity index (χ1v) is 10.5. The van der Waals surface area contributed by atoms with Gasteiger partial charge in [-0.2, -0.15) is 28.5 Å². The highest BCUT2D eigenvalue weighted by Gasteiger charge is 2.35. The standard InChI is InChI=1S/C23H19N9/c1-12-24-20-30-21(25-13(2)27-30)32-22(31(20)28-12)26-19(29-32)14-9-10-16-15-7-5-6-8-17(15)23(3,4)18(16)11-14/h5-11H,1-4H3. The van der Waals surface area contributed by atoms with E-state index in [0.717, 1.165) is 5.56 Å². The Morgan fingerprint density at radius 1 is 0.656 bits per heavy atom. The van der Waals surface area contributed by atoms with Gasteiger partial charge in [0.1, 0.15) is 11.6 Å². The molecule has 9 nitrogen and oxygen atoms in total. The molecule has 0 spiro atoms. The Balaban J connectivity index is 1.50. The van der Waals surface area contributed by atoms with E-state index in [0.29, 0.717) is 34.8 Å². The third-order valence-electron chi connectivity index (χ3n) is 6.39. The maximum Gasteiger partial charge on any atom is 0.260 e. The van der Waals surface area contributed by atoms with Crippen molar-refractivity contribution in [3.8, 4) is 22.5 Å². The first-order chi connectivity index (χ1) is 15.4. The van der Waals surface area contributed by atoms with Gasteiger partial charge in [-0.15, -0.1) is 15.3 Å². The number of rotatable bonds is 1. The van der Waals surface area contributed by atoms with Gasteiger partial charge in [0.15, 0.2) is 5.82 Å². The molecule has 32 heavy (non-hydrogen) atoms. The lowest BCUT2D eigenvalue weighted by Crippen LogP contribution is -2.14. The summed E-state index contributed by atoms with van der Waals surface area (Å²) in [7, 11) is 0. The molecular weight excluding hydrogens is 402 g/mol. The van der Waals surface area contributed by atoms with E-state index in [4.69, 9.17) is 10.1 Å². The molecule has 7 rings (SSSR count). The second-order valence-corrected chi connectivity index (χ2v) is 8.82. The average Bonchev–Trinajstić information content (AvgIpc) is 3.52. The van der Waals surface area contributed by atoms with Crippen molar-refractivity contribution >= 4 is 17.3 Å². The van der Waals surface area contributed by atoms with E-state index in [9.17, 15) is 0 Å². The van der Waals surface area contributed by atoms with Crippen molar-refractivity contribution in [1.82, 2.24) is 43.8 Å². The maximum absolute atomic E-state index is 4.84. The van der Waals surface area contributed by atoms with E-state index in [2.05, 4.69) is 76.5 Å². The lowest BCUT2D eigenvalue weighted by molar-refractivity contribution is 0.660. The average molecular weight is 421 g/mol. The normalized spacial score (nSPS) is 14.5. The van der Waals surface area contributed by atoms with Crippen molar-refractivity contribution in [2.45, 2.75) is 33.1 Å². The van der Waals surface area contributed by atoms with Crippen LogP contribution in [0.2, 0.25) is 0 Å². The van der Waals surface area contributed by atoms with Gasteiger partial charge in [-0.1, -0.05) is 50.2 Å². The Morgan fingerprint density at radius 3 is 1.97 bits per heavy atom. The highest BCUT2D eigenvalue weighted by atomic mass is 15.5. The van der Waals surface area contributed by atoms with Crippen LogP contribution in [0.25, 0.3) is 39.8 Å². The summed E-state index contributed by atoms with van der Waals surface area (Å²) in [6, 6.07) is 15.1. The fourth-order valence-corrected chi connectivity index (χ4v) is 4.89. The third-order valence-corrected chi connectivity index (χ3v) is 6.39. The monoisotopic (exact) mass is 421 g/mol. The summed E-state index contributed by atoms with van der Waals surface area (Å²) in [6.45, 7) is 8.22. The van der Waals surface area contributed by atoms with E-state index in [1.165, 1.54) is 22.3 Å². The van der Waals surface area contributed by atoms with Gasteiger partial charge in [-0.25, -0.2) is 0 Å². The second-order valence-electron chi connectivity index (χ2n) is 8.82. The molecule has 4 aromatic heterocycles. The van der Waals surface area contributed by atoms with Gasteiger partial charge < -0.3 is 0 Å². The summed E-state index contributed by atoms with van der Waals surface area (Å²) in [4.78, 5) is 13.9. The molecule has 0 unspecified atom stereocenters. The Hall–Kier alpha value is -4.14. The van der Waals surface area contributed by atoms with Crippen LogP contribution in [0.3, 0.4) is 0 Å². The Kier molecular flexibility index (Phi) is 3.04. The van der Waals surface area contributed by atoms with Gasteiger partial charge in [0, 0.05) is 11.0 Å². The Labute approximate surface area is 182 Å². The highest BCUT2D eigenvalue weighted by Crippen LogP contribution is 2.49. The molecule has 1 aliphatic carbocycles. The zero-order chi connectivity index (χ0) is 21.8. The first-order valence-electron chi connectivity index (χ1n) is 10.5. The zero-order valence-corrected chi connectivity index (χ0v) is 18.1. The molecule has 0 saturated heterocycles. The van der Waals surface area contributed by atoms with Crippen LogP contribution in [-0.2, 0) is 5.41 Å². The van der Waals surface area contributed by atoms with Crippen molar-refractivity contribution in [2.75, 3.05) is 0 Å². The van der Waals surface area contributed by atoms with E-state index in [1.807, 2.05) is 13.8 Å². The van der Waals surface area contributed by atoms with Gasteiger partial charge in [0.25, 0.3) is 17.3 Å². The topological polar surface area (TPSA) is 90.6 Å². The van der Waals surface area contributed by atoms with Gasteiger partial charge >= 0.3 is 0 Å². The molecule has 0 radical (unpaired) electrons. The van der Waals surface area contributed by atoms with Crippen LogP contribution in [-0.4, -0.2) is 43.8 Å². The predicted molar refractivity (Wildman–Crippen MR) is 119 cm³/mol. The second kappa shape index (κ2) is 5.56. The van der Waals surface area contributed by atoms with Crippen molar-refractivity contribution in [3.63, 3.8) is 0 Å². The van der Waals surface area contributed by atoms with Gasteiger partial charge in [0.2, 0.25) is 0 Å². The molecule has 4 heterocycles. The van der Waals surface area contributed by atoms with Crippen LogP contribution in [0.4, 0.5) is 0 Å². The van der Waals surface area contributed by atoms with Crippen LogP contribution in [0.15, 0.2) is 42.5 Å². The number of nitrogens with zero attached hydrogens (tertiary/aromatic N) is 9. The Bertz CT molecular complexity index is 1660. The minimum absolute atomic E-state index is 0.0885. The minimum atomic E-state index is -0.0885. The zero-order valence-electron chi connectivity index (χ0n) is 18.1. The summed E-state index contributed by atoms with van der Waals surface area (Å²) in [6.07, 6.45) is 0. The minimum Gasteiger partial charge on any atom is -0.194 e. The van der Waals surface area contributed by atoms with Crippen LogP contribution in [0, 0.1) is 13.8 Å². The van der Waals surface area contributed by atoms with Crippen LogP contribution >= 0.6 is 0 Å². The molecule has 0 saturated carbocycles. The van der Waals surface area contributed by atoms with E-state index in [-0.39, 0.29) is 5.41 Å². The lowest BCUT2D eigenvalue weighted by Gasteiger charge is -2.21. The summed E-state index contributed by atoms with van der Waals surface area (Å²) in [5, 5.41) is 13.8. The first kappa shape index (κ1) is 17.5. The molecule has 0 fully saturated rings. The molecule has 0 atom stereocenters. The molecule has 0 amide bonds. The Morgan fingerprint density at radius 2 is 1.25 bits per heavy atom. The molecule has 2 aromatic carbocycles. The lowest BCUT2D eigenvalue weighted by atomic mass is 9.82. The number of aromatic nitrogens is 9. The predicted octanol–water partition coefficient (Wildman–Crippen LogP) is 3.40. The third kappa shape index (κ3) is 2.07. The fraction of sp³-hybridized carbons (Fsp3) is 0.217. The van der Waals surface area contributed by atoms with E-state index in [1.54, 1.807) is 13.5 Å². The molecule has 9 heteroatoms. The molecule has 0 bridgehead atoms. The number of aryl methyl sites for hydroxylation is 2. The van der Waals surface area contributed by atoms with Crippen molar-refractivity contribution in [2.24, 2.45) is 0 Å². The fourth-order valence-electron chi connectivity index (χ4n) is 4.89. The summed E-state index contributed by atoms with van der Waals surface area (Å²) >= 11 is 0. The SMILES string of the molecule is Cc1nc2n(n1)c1nc(C)nn1c1nc(-c3ccc4c(c3)C(C)(C)c3ccccc3-4)nn21. The van der Waals surface area contributed by atoms with E-state index >= 15 is 0 Å². The highest BCUT2D eigenvalue weighted by molar-refractivity contribution is 5.82. The van der Waals surface area contributed by atoms with Crippen molar-refractivity contribution < 1.29 is 0 Å². The molecule has 156 valence electrons. The molecule has 1 aliphatic rings. The number of hydrogen-bond acceptors (Lipinski definition) is 6. The van der Waals surface area contributed by atoms with Gasteiger partial charge in [0.05, 0.1) is 0 Å². The van der Waals surface area contributed by atoms with E-state index < -0.39 is 0 Å². The van der Waals surface area contributed by atoms with Crippen LogP contribution in [0.5, 0.6) is 0 Å². The van der Waals surface area contributed by atoms with Gasteiger partial charge in [-0.05, 0) is 42.2 Å². The summed E-state index contributed by atoms with van der Waals surface area (Å²) in [5.74, 6) is 3.56. The van der Waals surface area contributed by atoms with Gasteiger partial charge in [-0.3, -0.25) is 0 Å². The smallest absolute Gasteiger partial charge is 0.194 e. The molecular formula is C23H19N9.